The van der Waals surface area contributed by atoms with Gasteiger partial charge < -0.3 is 40.9 Å². The van der Waals surface area contributed by atoms with Crippen LogP contribution in [0.4, 0.5) is 10.3 Å². The molecule has 44 heteroatoms. The van der Waals surface area contributed by atoms with Gasteiger partial charge in [0.15, 0.2) is 107 Å². The van der Waals surface area contributed by atoms with Gasteiger partial charge in [0.25, 0.3) is 0 Å². The van der Waals surface area contributed by atoms with Crippen LogP contribution >= 0.6 is 125 Å². The third-order valence-corrected chi connectivity index (χ3v) is 29.6. The van der Waals surface area contributed by atoms with Gasteiger partial charge in [-0.15, -0.1) is 131 Å². The van der Waals surface area contributed by atoms with Gasteiger partial charge in [-0.1, -0.05) is 33.8 Å². The fourth-order valence-corrected chi connectivity index (χ4v) is 19.8. The molecule has 33 nitrogen and oxygen atoms in total. The van der Waals surface area contributed by atoms with Gasteiger partial charge in [-0.2, -0.15) is 5.10 Å². The summed E-state index contributed by atoms with van der Waals surface area (Å²) in [5, 5.41) is 48.3. The van der Waals surface area contributed by atoms with Gasteiger partial charge in [-0.25, -0.2) is 59.8 Å². The first-order valence-corrected chi connectivity index (χ1v) is 55.4. The maximum absolute atomic E-state index is 11.9. The normalized spacial score (nSPS) is 12.4. The number of H-pyrrole nitrogens is 1. The Labute approximate surface area is 875 Å². The number of anilines is 2. The second kappa shape index (κ2) is 67.8. The molecule has 0 atom stereocenters. The number of nitrogens with zero attached hydrogens (tertiary/aromatic N) is 14. The van der Waals surface area contributed by atoms with E-state index in [2.05, 4.69) is 139 Å². The molecule has 0 radical (unpaired) electrons. The highest BCUT2D eigenvalue weighted by atomic mass is 32.1. The van der Waals surface area contributed by atoms with Crippen LogP contribution in [0.3, 0.4) is 0 Å². The number of rotatable bonds is 38. The zero-order valence-corrected chi connectivity index (χ0v) is 92.9. The second-order valence-corrected chi connectivity index (χ2v) is 48.0. The zero-order valence-electron chi connectivity index (χ0n) is 83.9. The first kappa shape index (κ1) is 123. The van der Waals surface area contributed by atoms with Crippen LogP contribution in [0.25, 0.3) is 0 Å². The van der Waals surface area contributed by atoms with Crippen molar-refractivity contribution in [1.82, 2.24) is 80.2 Å². The highest BCUT2D eigenvalue weighted by Gasteiger charge is 2.27. The average Bonchev–Trinajstić information content (AvgIpc) is 1.70. The summed E-state index contributed by atoms with van der Waals surface area (Å²) < 4.78 is 5.27. The molecule has 14 heterocycles. The molecule has 0 unspecified atom stereocenters. The Kier molecular flexibility index (Phi) is 58.5. The smallest absolute Gasteiger partial charge is 0.305 e. The molecule has 7 N–H and O–H groups in total. The quantitative estimate of drug-likeness (QED) is 0.0107. The summed E-state index contributed by atoms with van der Waals surface area (Å²) >= 11 is 16.2. The Morgan fingerprint density at radius 1 is 0.408 bits per heavy atom. The first-order valence-electron chi connectivity index (χ1n) is 46.4. The summed E-state index contributed by atoms with van der Waals surface area (Å²) in [6, 6.07) is 0. The van der Waals surface area contributed by atoms with E-state index in [0.29, 0.717) is 127 Å². The van der Waals surface area contributed by atoms with Gasteiger partial charge in [0, 0.05) is 206 Å². The van der Waals surface area contributed by atoms with Crippen LogP contribution in [-0.2, 0) is 20.7 Å². The predicted molar refractivity (Wildman–Crippen MR) is 574 cm³/mol. The number of allylic oxidation sites excluding steroid dienone is 1. The van der Waals surface area contributed by atoms with Crippen LogP contribution in [0.1, 0.15) is 304 Å². The topological polar surface area (TPSA) is 480 Å². The van der Waals surface area contributed by atoms with Crippen LogP contribution < -0.4 is 16.0 Å². The molecule has 2 aliphatic heterocycles. The molecule has 12 aromatic rings. The van der Waals surface area contributed by atoms with Crippen molar-refractivity contribution >= 4 is 199 Å². The third kappa shape index (κ3) is 53.7. The summed E-state index contributed by atoms with van der Waals surface area (Å²) in [6.07, 6.45) is 36.8. The number of piperidine rings is 1. The monoisotopic (exact) mass is 2150 g/mol. The number of carbonyl (C=O) groups excluding carboxylic acids is 9. The molecule has 3 aliphatic rings. The number of ether oxygens (including phenoxy) is 1. The molecule has 12 aromatic heterocycles. The van der Waals surface area contributed by atoms with Crippen molar-refractivity contribution in [3.63, 3.8) is 0 Å². The van der Waals surface area contributed by atoms with Crippen molar-refractivity contribution in [3.8, 4) is 0 Å². The molecule has 2 saturated heterocycles. The number of carboxylic acids is 2. The van der Waals surface area contributed by atoms with E-state index in [1.54, 1.807) is 79.4 Å². The Bertz CT molecular complexity index is 5720. The largest absolute Gasteiger partial charge is 0.481 e. The fourth-order valence-electron chi connectivity index (χ4n) is 11.9. The molecular formula is C98H134N18O15S11. The summed E-state index contributed by atoms with van der Waals surface area (Å²) in [5.74, 6) is 1.45. The van der Waals surface area contributed by atoms with Gasteiger partial charge in [0.1, 0.15) is 12.2 Å². The van der Waals surface area contributed by atoms with Crippen molar-refractivity contribution in [2.45, 2.75) is 239 Å². The van der Waals surface area contributed by atoms with Gasteiger partial charge in [0.05, 0.1) is 19.3 Å². The average molecular weight is 2160 g/mol. The third-order valence-electron chi connectivity index (χ3n) is 19.2. The SMILES string of the molecule is C=CCCC(=O)c1ncc(C)s1.CCCC(=O)c1ncc(C)s1.Cc1cnc(C(=O)CC(C)(C)C)s1.Cc1cnc(C(=O)CC2CC2)s1.Cc1cnc(C(=O)CC2CCNCC2)s1.Cc1cnc(C(=O)CC2CCOCC2)s1.Cc1cnc(C(=O)CCC(=O)O)s1.Cc1cnc(C(=O)CCCO)s1.Cc1cnc(C(=O)Cc2ncn[nH]2)s1.Cc1cnc(NCCC(=O)O)s1.Cc1cnc(NCCCN(C)C)s1. The molecule has 1 saturated carbocycles. The molecule has 3 fully saturated rings. The molecule has 772 valence electrons. The van der Waals surface area contributed by atoms with Gasteiger partial charge in [0.2, 0.25) is 0 Å². The maximum Gasteiger partial charge on any atom is 0.305 e. The molecule has 142 heavy (non-hydrogen) atoms. The summed E-state index contributed by atoms with van der Waals surface area (Å²) in [5.41, 5.74) is 0.0522. The number of carbonyl (C=O) groups is 11. The molecule has 0 bridgehead atoms. The molecule has 0 aromatic carbocycles. The van der Waals surface area contributed by atoms with E-state index in [-0.39, 0.29) is 89.8 Å². The minimum atomic E-state index is -0.957. The number of aromatic nitrogens is 14. The number of aliphatic hydroxyl groups excluding tert-OH is 1. The fraction of sp³-hybridized carbons (Fsp3) is 0.510. The number of hydrogen-bond donors (Lipinski definition) is 7. The van der Waals surface area contributed by atoms with Gasteiger partial charge in [-0.05, 0) is 197 Å². The van der Waals surface area contributed by atoms with Crippen LogP contribution in [0, 0.1) is 99.3 Å². The van der Waals surface area contributed by atoms with Crippen LogP contribution in [0.15, 0.2) is 87.1 Å². The number of hydrogen-bond acceptors (Lipinski definition) is 41. The zero-order chi connectivity index (χ0) is 105. The number of carboxylic acid groups (broad SMARTS) is 2. The van der Waals surface area contributed by atoms with Gasteiger partial charge in [-0.3, -0.25) is 57.8 Å². The van der Waals surface area contributed by atoms with E-state index in [9.17, 15) is 52.7 Å². The van der Waals surface area contributed by atoms with E-state index in [1.807, 2.05) is 82.4 Å². The lowest BCUT2D eigenvalue weighted by molar-refractivity contribution is -0.137. The number of aliphatic hydroxyl groups is 1. The lowest BCUT2D eigenvalue weighted by Crippen LogP contribution is -2.28. The molecule has 0 amide bonds. The van der Waals surface area contributed by atoms with Crippen molar-refractivity contribution < 1.29 is 72.8 Å². The van der Waals surface area contributed by atoms with Gasteiger partial charge >= 0.3 is 11.9 Å². The van der Waals surface area contributed by atoms with E-state index in [4.69, 9.17) is 20.1 Å². The number of Topliss-reactive ketones (excluding diaryl/α,β-unsaturated/α-hetero) is 9. The van der Waals surface area contributed by atoms with Crippen LogP contribution in [-0.4, -0.2) is 221 Å². The van der Waals surface area contributed by atoms with Crippen molar-refractivity contribution in [2.75, 3.05) is 77.3 Å². The molecule has 15 rings (SSSR count). The number of aryl methyl sites for hydroxylation is 11. The number of nitrogens with one attached hydrogen (secondary N) is 4. The van der Waals surface area contributed by atoms with Crippen LogP contribution in [0.2, 0.25) is 0 Å². The number of aromatic amines is 1. The number of aliphatic carboxylic acids is 2. The lowest BCUT2D eigenvalue weighted by atomic mass is 9.90. The molecule has 0 spiro atoms. The van der Waals surface area contributed by atoms with E-state index in [1.165, 1.54) is 137 Å². The highest BCUT2D eigenvalue weighted by molar-refractivity contribution is 7.17. The van der Waals surface area contributed by atoms with Crippen molar-refractivity contribution in [1.29, 1.82) is 0 Å². The molecule has 1 aliphatic carbocycles. The summed E-state index contributed by atoms with van der Waals surface area (Å²) in [6.45, 7) is 39.6. The summed E-state index contributed by atoms with van der Waals surface area (Å²) in [7, 11) is 4.18. The Morgan fingerprint density at radius 3 is 1.06 bits per heavy atom. The van der Waals surface area contributed by atoms with Crippen LogP contribution in [0.5, 0.6) is 0 Å². The maximum atomic E-state index is 11.9. The predicted octanol–water partition coefficient (Wildman–Crippen LogP) is 22.1. The van der Waals surface area contributed by atoms with E-state index in [0.717, 1.165) is 143 Å². The first-order chi connectivity index (χ1) is 67.6. The standard InChI is InChI=1S/C11H16N2OS.C11H15NO2S.C10H15NOS.C9H17N3S.2C9H11NOS.C8H8N4OS.C8H9NO3S.C8H11NO2S.C8H11NOS.C7H10N2O2S/c1-8-7-13-11(15-8)10(14)6-9-2-4-12-5-3-9;1-8-7-12-11(15-8)10(13)6-9-2-4-14-5-3-9;1-7-6-11-9(13-7)8(12)5-10(2,3)4;1-8-7-11-9(13-8)10-5-4-6-12(2)3;1-6-5-10-9(12-6)8(11)4-7-2-3-7;1-3-4-5-8(11)9-10-6-7(2)12-9;1-5-3-9-8(14-5)6(13)2-7-10-4-11-12-7;1-5-4-9-8(13-5)6(10)2-3-7(11)12;1-6-5-9-8(12-6)7(11)3-2-4-10;1-3-4-7(10)8-9-5-6(2)11-8;1-5-4-9-7(12-5)8-3-2-6(10)11/h7,9,12H,2-6H2,1H3;7,9H,2-6H2,1H3;6H,5H2,1-4H3;7H,4-6H2,1-3H3,(H,10,11);5,7H,2-4H2,1H3;3,6H,1,4-5H2,2H3;3-4H,2H2,1H3,(H,10,11,12);4H,2-3H2,1H3,(H,11,12);5,10H,2-4H2,1H3;5H,3-4H2,1-2H3;4H,2-3H2,1H3,(H,8,9)(H,10,11). The Morgan fingerprint density at radius 2 is 0.739 bits per heavy atom. The second-order valence-electron chi connectivity index (χ2n) is 34.4. The number of ketones is 9. The number of thiazole rings is 11. The molecular weight excluding hydrogens is 2020 g/mol. The van der Waals surface area contributed by atoms with Crippen molar-refractivity contribution in [2.24, 2.45) is 23.2 Å². The Hall–Kier alpha value is -9.78. The summed E-state index contributed by atoms with van der Waals surface area (Å²) in [4.78, 5) is 186. The highest BCUT2D eigenvalue weighted by Crippen LogP contribution is 2.34. The van der Waals surface area contributed by atoms with Crippen molar-refractivity contribution in [3.05, 3.63) is 192 Å². The lowest BCUT2D eigenvalue weighted by Gasteiger charge is -2.21. The minimum Gasteiger partial charge on any atom is -0.481 e. The minimum absolute atomic E-state index is 0.0279. The van der Waals surface area contributed by atoms with E-state index < -0.39 is 11.9 Å². The Balaban J connectivity index is 0.000000276. The van der Waals surface area contributed by atoms with E-state index >= 15 is 0 Å².